The Hall–Kier alpha value is -0.0600. The molecule has 0 aromatic heterocycles. The third kappa shape index (κ3) is 2.91. The van der Waals surface area contributed by atoms with Gasteiger partial charge in [-0.05, 0) is 48.9 Å². The van der Waals surface area contributed by atoms with Crippen molar-refractivity contribution in [2.24, 2.45) is 5.92 Å². The summed E-state index contributed by atoms with van der Waals surface area (Å²) in [5.41, 5.74) is 3.29. The van der Waals surface area contributed by atoms with Gasteiger partial charge in [-0.25, -0.2) is 8.42 Å². The van der Waals surface area contributed by atoms with E-state index in [1.54, 1.807) is 0 Å². The molecule has 0 bridgehead atoms. The highest BCUT2D eigenvalue weighted by atomic mass is 79.9. The van der Waals surface area contributed by atoms with Crippen molar-refractivity contribution in [1.82, 2.24) is 0 Å². The van der Waals surface area contributed by atoms with Crippen molar-refractivity contribution < 1.29 is 8.42 Å². The van der Waals surface area contributed by atoms with Gasteiger partial charge in [-0.2, -0.15) is 0 Å². The van der Waals surface area contributed by atoms with E-state index in [0.717, 1.165) is 28.1 Å². The summed E-state index contributed by atoms with van der Waals surface area (Å²) in [6, 6.07) is 4.01. The lowest BCUT2D eigenvalue weighted by molar-refractivity contribution is 0.578. The SMILES string of the molecule is Cc1cc(C(Br)C2CCS(=O)(=O)C2)c(C)cc1Cl. The van der Waals surface area contributed by atoms with Gasteiger partial charge in [0.25, 0.3) is 0 Å². The first-order chi connectivity index (χ1) is 8.30. The average molecular weight is 352 g/mol. The van der Waals surface area contributed by atoms with Gasteiger partial charge in [-0.15, -0.1) is 0 Å². The van der Waals surface area contributed by atoms with Crippen molar-refractivity contribution >= 4 is 37.4 Å². The molecule has 1 heterocycles. The Labute approximate surface area is 122 Å². The molecule has 100 valence electrons. The molecule has 0 aliphatic carbocycles. The molecule has 0 spiro atoms. The first-order valence-corrected chi connectivity index (χ1v) is 9.03. The number of benzene rings is 1. The van der Waals surface area contributed by atoms with Gasteiger partial charge >= 0.3 is 0 Å². The summed E-state index contributed by atoms with van der Waals surface area (Å²) in [6.07, 6.45) is 0.735. The maximum Gasteiger partial charge on any atom is 0.150 e. The molecule has 0 saturated carbocycles. The molecule has 18 heavy (non-hydrogen) atoms. The first-order valence-electron chi connectivity index (χ1n) is 5.91. The van der Waals surface area contributed by atoms with Crippen LogP contribution >= 0.6 is 27.5 Å². The summed E-state index contributed by atoms with van der Waals surface area (Å²) < 4.78 is 23.1. The summed E-state index contributed by atoms with van der Waals surface area (Å²) >= 11 is 9.75. The minimum absolute atomic E-state index is 0.0886. The summed E-state index contributed by atoms with van der Waals surface area (Å²) in [4.78, 5) is 0.0886. The van der Waals surface area contributed by atoms with Gasteiger partial charge in [0.1, 0.15) is 0 Å². The van der Waals surface area contributed by atoms with E-state index in [4.69, 9.17) is 11.6 Å². The Morgan fingerprint density at radius 1 is 1.33 bits per heavy atom. The van der Waals surface area contributed by atoms with Crippen LogP contribution in [-0.2, 0) is 9.84 Å². The van der Waals surface area contributed by atoms with E-state index < -0.39 is 9.84 Å². The van der Waals surface area contributed by atoms with Gasteiger partial charge in [-0.3, -0.25) is 0 Å². The van der Waals surface area contributed by atoms with Crippen LogP contribution in [-0.4, -0.2) is 19.9 Å². The highest BCUT2D eigenvalue weighted by Crippen LogP contribution is 2.40. The van der Waals surface area contributed by atoms with Gasteiger partial charge in [0.2, 0.25) is 0 Å². The number of hydrogen-bond acceptors (Lipinski definition) is 2. The second kappa shape index (κ2) is 5.14. The number of sulfone groups is 1. The third-order valence-corrected chi connectivity index (χ3v) is 6.97. The van der Waals surface area contributed by atoms with Crippen LogP contribution in [0.5, 0.6) is 0 Å². The average Bonchev–Trinajstić information content (AvgIpc) is 2.63. The van der Waals surface area contributed by atoms with Crippen molar-refractivity contribution in [1.29, 1.82) is 0 Å². The van der Waals surface area contributed by atoms with Gasteiger partial charge in [0.15, 0.2) is 9.84 Å². The fourth-order valence-corrected chi connectivity index (χ4v) is 5.66. The molecule has 1 saturated heterocycles. The zero-order valence-corrected chi connectivity index (χ0v) is 13.6. The normalized spacial score (nSPS) is 24.1. The second-order valence-corrected chi connectivity index (χ2v) is 8.65. The van der Waals surface area contributed by atoms with Gasteiger partial charge < -0.3 is 0 Å². The Bertz CT molecular complexity index is 569. The largest absolute Gasteiger partial charge is 0.229 e. The van der Waals surface area contributed by atoms with E-state index in [-0.39, 0.29) is 16.5 Å². The Morgan fingerprint density at radius 3 is 2.56 bits per heavy atom. The van der Waals surface area contributed by atoms with Crippen LogP contribution in [0.15, 0.2) is 12.1 Å². The van der Waals surface area contributed by atoms with Crippen molar-refractivity contribution in [2.75, 3.05) is 11.5 Å². The highest BCUT2D eigenvalue weighted by Gasteiger charge is 2.33. The molecule has 1 fully saturated rings. The molecule has 2 rings (SSSR count). The molecule has 5 heteroatoms. The molecular weight excluding hydrogens is 336 g/mol. The predicted molar refractivity (Wildman–Crippen MR) is 79.4 cm³/mol. The first kappa shape index (κ1) is 14.4. The Morgan fingerprint density at radius 2 is 2.00 bits per heavy atom. The summed E-state index contributed by atoms with van der Waals surface area (Å²) in [6.45, 7) is 3.98. The minimum atomic E-state index is -2.84. The third-order valence-electron chi connectivity index (χ3n) is 3.53. The fourth-order valence-electron chi connectivity index (χ4n) is 2.41. The topological polar surface area (TPSA) is 34.1 Å². The second-order valence-electron chi connectivity index (χ2n) is 5.02. The van der Waals surface area contributed by atoms with Crippen LogP contribution in [0.2, 0.25) is 5.02 Å². The Balaban J connectivity index is 2.30. The van der Waals surface area contributed by atoms with Crippen molar-refractivity contribution in [3.8, 4) is 0 Å². The van der Waals surface area contributed by atoms with Gasteiger partial charge in [0.05, 0.1) is 11.5 Å². The molecule has 2 atom stereocenters. The van der Waals surface area contributed by atoms with Crippen molar-refractivity contribution in [3.63, 3.8) is 0 Å². The number of rotatable bonds is 2. The Kier molecular flexibility index (Phi) is 4.10. The van der Waals surface area contributed by atoms with Crippen LogP contribution in [0, 0.1) is 19.8 Å². The maximum atomic E-state index is 11.5. The van der Waals surface area contributed by atoms with E-state index in [2.05, 4.69) is 22.0 Å². The lowest BCUT2D eigenvalue weighted by Gasteiger charge is -2.19. The summed E-state index contributed by atoms with van der Waals surface area (Å²) in [5.74, 6) is 0.754. The van der Waals surface area contributed by atoms with Crippen LogP contribution in [0.4, 0.5) is 0 Å². The van der Waals surface area contributed by atoms with E-state index in [0.29, 0.717) is 5.75 Å². The molecule has 1 aliphatic rings. The minimum Gasteiger partial charge on any atom is -0.229 e. The molecule has 2 nitrogen and oxygen atoms in total. The van der Waals surface area contributed by atoms with E-state index in [1.807, 2.05) is 19.9 Å². The van der Waals surface area contributed by atoms with Crippen LogP contribution < -0.4 is 0 Å². The van der Waals surface area contributed by atoms with Gasteiger partial charge in [0, 0.05) is 9.85 Å². The number of alkyl halides is 1. The van der Waals surface area contributed by atoms with Crippen LogP contribution in [0.3, 0.4) is 0 Å². The smallest absolute Gasteiger partial charge is 0.150 e. The summed E-state index contributed by atoms with van der Waals surface area (Å²) in [5, 5.41) is 0.759. The summed E-state index contributed by atoms with van der Waals surface area (Å²) in [7, 11) is -2.84. The highest BCUT2D eigenvalue weighted by molar-refractivity contribution is 9.09. The van der Waals surface area contributed by atoms with E-state index >= 15 is 0 Å². The monoisotopic (exact) mass is 350 g/mol. The van der Waals surface area contributed by atoms with Gasteiger partial charge in [-0.1, -0.05) is 33.6 Å². The predicted octanol–water partition coefficient (Wildman–Crippen LogP) is 3.83. The maximum absolute atomic E-state index is 11.5. The number of hydrogen-bond donors (Lipinski definition) is 0. The standard InChI is InChI=1S/C13H16BrClO2S/c1-8-6-12(15)9(2)5-11(8)13(14)10-3-4-18(16,17)7-10/h5-6,10,13H,3-4,7H2,1-2H3. The van der Waals surface area contributed by atoms with Crippen LogP contribution in [0.1, 0.15) is 27.9 Å². The van der Waals surface area contributed by atoms with E-state index in [9.17, 15) is 8.42 Å². The van der Waals surface area contributed by atoms with Crippen LogP contribution in [0.25, 0.3) is 0 Å². The zero-order chi connectivity index (χ0) is 13.5. The molecule has 1 aromatic carbocycles. The van der Waals surface area contributed by atoms with Crippen molar-refractivity contribution in [3.05, 3.63) is 33.8 Å². The molecule has 0 N–H and O–H groups in total. The fraction of sp³-hybridized carbons (Fsp3) is 0.538. The van der Waals surface area contributed by atoms with E-state index in [1.165, 1.54) is 0 Å². The quantitative estimate of drug-likeness (QED) is 0.759. The molecule has 0 radical (unpaired) electrons. The molecule has 1 aromatic rings. The number of halogens is 2. The molecule has 2 unspecified atom stereocenters. The lowest BCUT2D eigenvalue weighted by Crippen LogP contribution is -2.11. The molecule has 0 amide bonds. The molecule has 1 aliphatic heterocycles. The zero-order valence-electron chi connectivity index (χ0n) is 10.4. The molecular formula is C13H16BrClO2S. The number of aryl methyl sites for hydroxylation is 2. The lowest BCUT2D eigenvalue weighted by atomic mass is 9.94. The van der Waals surface area contributed by atoms with Crippen molar-refractivity contribution in [2.45, 2.75) is 25.1 Å².